The monoisotopic (exact) mass is 274 g/mol. The zero-order valence-corrected chi connectivity index (χ0v) is 11.7. The van der Waals surface area contributed by atoms with Crippen molar-refractivity contribution in [3.8, 4) is 0 Å². The molecule has 3 nitrogen and oxygen atoms in total. The number of para-hydroxylation sites is 1. The summed E-state index contributed by atoms with van der Waals surface area (Å²) in [6.45, 7) is 0.839. The van der Waals surface area contributed by atoms with E-state index in [9.17, 15) is 4.21 Å². The van der Waals surface area contributed by atoms with Gasteiger partial charge in [-0.1, -0.05) is 24.3 Å². The highest BCUT2D eigenvalue weighted by Gasteiger charge is 2.17. The molecule has 0 spiro atoms. The molecule has 19 heavy (non-hydrogen) atoms. The van der Waals surface area contributed by atoms with Crippen LogP contribution in [0.4, 0.5) is 0 Å². The third-order valence-corrected chi connectivity index (χ3v) is 5.07. The molecule has 0 saturated carbocycles. The van der Waals surface area contributed by atoms with Crippen molar-refractivity contribution in [2.24, 2.45) is 0 Å². The Morgan fingerprint density at radius 2 is 2.00 bits per heavy atom. The minimum Gasteiger partial charge on any atom is -0.310 e. The Kier molecular flexibility index (Phi) is 3.89. The number of hydrogen-bond donors (Lipinski definition) is 1. The van der Waals surface area contributed by atoms with Crippen molar-refractivity contribution < 1.29 is 4.21 Å². The molecule has 2 heterocycles. The lowest BCUT2D eigenvalue weighted by Gasteiger charge is -2.22. The zero-order chi connectivity index (χ0) is 13.1. The third kappa shape index (κ3) is 3.01. The van der Waals surface area contributed by atoms with Crippen molar-refractivity contribution in [2.75, 3.05) is 11.5 Å². The van der Waals surface area contributed by atoms with Crippen molar-refractivity contribution in [1.82, 2.24) is 10.3 Å². The molecule has 0 aliphatic carbocycles. The maximum absolute atomic E-state index is 11.3. The first-order valence-electron chi connectivity index (χ1n) is 6.74. The standard InChI is InChI=1S/C15H18N2OS/c18-19-9-6-14(7-10-19)17-11-13-4-1-3-12-5-2-8-16-15(12)13/h1-5,8,14,17H,6-7,9-11H2. The zero-order valence-electron chi connectivity index (χ0n) is 10.8. The lowest BCUT2D eigenvalue weighted by atomic mass is 10.1. The summed E-state index contributed by atoms with van der Waals surface area (Å²) in [7, 11) is -0.584. The van der Waals surface area contributed by atoms with Gasteiger partial charge in [0.15, 0.2) is 0 Å². The van der Waals surface area contributed by atoms with E-state index in [1.54, 1.807) is 0 Å². The van der Waals surface area contributed by atoms with Crippen LogP contribution in [-0.4, -0.2) is 26.7 Å². The Labute approximate surface area is 115 Å². The predicted molar refractivity (Wildman–Crippen MR) is 79.5 cm³/mol. The average Bonchev–Trinajstić information content (AvgIpc) is 2.47. The fraction of sp³-hybridized carbons (Fsp3) is 0.400. The molecule has 1 aliphatic rings. The second-order valence-electron chi connectivity index (χ2n) is 5.00. The molecule has 1 aromatic carbocycles. The summed E-state index contributed by atoms with van der Waals surface area (Å²) in [5.41, 5.74) is 2.32. The van der Waals surface area contributed by atoms with Gasteiger partial charge in [0.05, 0.1) is 5.52 Å². The maximum Gasteiger partial charge on any atom is 0.0746 e. The summed E-state index contributed by atoms with van der Waals surface area (Å²) in [4.78, 5) is 4.47. The van der Waals surface area contributed by atoms with Crippen LogP contribution in [0.2, 0.25) is 0 Å². The van der Waals surface area contributed by atoms with Crippen LogP contribution in [0.25, 0.3) is 10.9 Å². The normalized spacial score (nSPS) is 23.6. The molecule has 0 bridgehead atoms. The smallest absolute Gasteiger partial charge is 0.0746 e. The molecule has 0 amide bonds. The van der Waals surface area contributed by atoms with Crippen molar-refractivity contribution >= 4 is 21.7 Å². The Balaban J connectivity index is 1.70. The van der Waals surface area contributed by atoms with Crippen molar-refractivity contribution in [3.05, 3.63) is 42.1 Å². The molecule has 100 valence electrons. The summed E-state index contributed by atoms with van der Waals surface area (Å²) >= 11 is 0. The van der Waals surface area contributed by atoms with Gasteiger partial charge in [0.2, 0.25) is 0 Å². The van der Waals surface area contributed by atoms with Gasteiger partial charge in [-0.05, 0) is 24.5 Å². The number of aromatic nitrogens is 1. The van der Waals surface area contributed by atoms with Crippen molar-refractivity contribution in [1.29, 1.82) is 0 Å². The number of nitrogens with one attached hydrogen (secondary N) is 1. The van der Waals surface area contributed by atoms with Crippen LogP contribution in [0.5, 0.6) is 0 Å². The predicted octanol–water partition coefficient (Wildman–Crippen LogP) is 2.24. The van der Waals surface area contributed by atoms with E-state index in [-0.39, 0.29) is 0 Å². The third-order valence-electron chi connectivity index (χ3n) is 3.69. The van der Waals surface area contributed by atoms with Crippen LogP contribution < -0.4 is 5.32 Å². The molecule has 0 unspecified atom stereocenters. The number of nitrogens with zero attached hydrogens (tertiary/aromatic N) is 1. The van der Waals surface area contributed by atoms with Crippen LogP contribution in [0.3, 0.4) is 0 Å². The van der Waals surface area contributed by atoms with E-state index in [0.717, 1.165) is 36.4 Å². The first kappa shape index (κ1) is 12.8. The number of hydrogen-bond acceptors (Lipinski definition) is 3. The summed E-state index contributed by atoms with van der Waals surface area (Å²) in [6.07, 6.45) is 3.88. The number of benzene rings is 1. The highest BCUT2D eigenvalue weighted by atomic mass is 32.2. The molecule has 1 aromatic heterocycles. The minimum atomic E-state index is -0.584. The molecule has 2 aromatic rings. The van der Waals surface area contributed by atoms with E-state index in [2.05, 4.69) is 34.6 Å². The van der Waals surface area contributed by atoms with Crippen molar-refractivity contribution in [2.45, 2.75) is 25.4 Å². The van der Waals surface area contributed by atoms with Crippen LogP contribution in [-0.2, 0) is 17.3 Å². The fourth-order valence-electron chi connectivity index (χ4n) is 2.56. The SMILES string of the molecule is O=S1CCC(NCc2cccc3cccnc23)CC1. The fourth-order valence-corrected chi connectivity index (χ4v) is 3.86. The van der Waals surface area contributed by atoms with Crippen LogP contribution in [0.1, 0.15) is 18.4 Å². The Morgan fingerprint density at radius 1 is 1.21 bits per heavy atom. The van der Waals surface area contributed by atoms with Gasteiger partial charge < -0.3 is 5.32 Å². The summed E-state index contributed by atoms with van der Waals surface area (Å²) in [5.74, 6) is 1.68. The molecular weight excluding hydrogens is 256 g/mol. The van der Waals surface area contributed by atoms with Gasteiger partial charge in [0.25, 0.3) is 0 Å². The van der Waals surface area contributed by atoms with Crippen LogP contribution in [0, 0.1) is 0 Å². The van der Waals surface area contributed by atoms with Crippen molar-refractivity contribution in [3.63, 3.8) is 0 Å². The van der Waals surface area contributed by atoms with Gasteiger partial charge in [0.1, 0.15) is 0 Å². The van der Waals surface area contributed by atoms with E-state index < -0.39 is 10.8 Å². The number of fused-ring (bicyclic) bond motifs is 1. The summed E-state index contributed by atoms with van der Waals surface area (Å²) < 4.78 is 11.3. The quantitative estimate of drug-likeness (QED) is 0.933. The Hall–Kier alpha value is -1.26. The van der Waals surface area contributed by atoms with Crippen LogP contribution >= 0.6 is 0 Å². The molecule has 1 N–H and O–H groups in total. The first-order chi connectivity index (χ1) is 9.33. The molecule has 1 saturated heterocycles. The van der Waals surface area contributed by atoms with Crippen LogP contribution in [0.15, 0.2) is 36.5 Å². The number of pyridine rings is 1. The second-order valence-corrected chi connectivity index (χ2v) is 6.69. The van der Waals surface area contributed by atoms with Gasteiger partial charge in [-0.25, -0.2) is 0 Å². The van der Waals surface area contributed by atoms with Gasteiger partial charge in [0, 0.05) is 46.5 Å². The molecule has 1 aliphatic heterocycles. The molecule has 0 atom stereocenters. The molecule has 0 radical (unpaired) electrons. The first-order valence-corrected chi connectivity index (χ1v) is 8.23. The van der Waals surface area contributed by atoms with Gasteiger partial charge in [-0.2, -0.15) is 0 Å². The number of rotatable bonds is 3. The van der Waals surface area contributed by atoms with Gasteiger partial charge in [-0.15, -0.1) is 0 Å². The van der Waals surface area contributed by atoms with E-state index in [0.29, 0.717) is 6.04 Å². The van der Waals surface area contributed by atoms with E-state index in [4.69, 9.17) is 0 Å². The minimum absolute atomic E-state index is 0.497. The summed E-state index contributed by atoms with van der Waals surface area (Å²) in [6, 6.07) is 10.9. The molecule has 3 rings (SSSR count). The Bertz CT molecular complexity index is 584. The molecule has 4 heteroatoms. The topological polar surface area (TPSA) is 42.0 Å². The Morgan fingerprint density at radius 3 is 2.84 bits per heavy atom. The average molecular weight is 274 g/mol. The summed E-state index contributed by atoms with van der Waals surface area (Å²) in [5, 5.41) is 4.76. The second kappa shape index (κ2) is 5.80. The largest absolute Gasteiger partial charge is 0.310 e. The molecular formula is C15H18N2OS. The highest BCUT2D eigenvalue weighted by Crippen LogP contribution is 2.17. The molecule has 1 fully saturated rings. The maximum atomic E-state index is 11.3. The lowest BCUT2D eigenvalue weighted by molar-refractivity contribution is 0.476. The van der Waals surface area contributed by atoms with Gasteiger partial charge >= 0.3 is 0 Å². The van der Waals surface area contributed by atoms with E-state index >= 15 is 0 Å². The highest BCUT2D eigenvalue weighted by molar-refractivity contribution is 7.85. The van der Waals surface area contributed by atoms with Gasteiger partial charge in [-0.3, -0.25) is 9.19 Å². The van der Waals surface area contributed by atoms with E-state index in [1.165, 1.54) is 10.9 Å². The lowest BCUT2D eigenvalue weighted by Crippen LogP contribution is -2.35. The van der Waals surface area contributed by atoms with E-state index in [1.807, 2.05) is 12.3 Å².